The normalized spacial score (nSPS) is 22.3. The zero-order valence-corrected chi connectivity index (χ0v) is 14.1. The third kappa shape index (κ3) is 3.82. The van der Waals surface area contributed by atoms with Gasteiger partial charge in [0.25, 0.3) is 0 Å². The summed E-state index contributed by atoms with van der Waals surface area (Å²) in [6.45, 7) is 0. The highest BCUT2D eigenvalue weighted by molar-refractivity contribution is 5.32. The van der Waals surface area contributed by atoms with E-state index in [1.807, 2.05) is 7.05 Å². The molecule has 2 heteroatoms. The van der Waals surface area contributed by atoms with Crippen molar-refractivity contribution in [1.29, 1.82) is 0 Å². The number of hydrogen-bond acceptors (Lipinski definition) is 2. The molecular weight excluding hydrogens is 280 g/mol. The van der Waals surface area contributed by atoms with E-state index in [2.05, 4.69) is 53.8 Å². The molecule has 4 rings (SSSR count). The molecule has 0 amide bonds. The van der Waals surface area contributed by atoms with Crippen LogP contribution >= 0.6 is 0 Å². The molecule has 0 saturated carbocycles. The SMILES string of the molecule is CN[C@@H]1CCCc2ccccc21.N[C@@H]1CCCc2ccccc21. The number of nitrogens with one attached hydrogen (secondary N) is 1. The van der Waals surface area contributed by atoms with Crippen LogP contribution in [-0.4, -0.2) is 7.05 Å². The van der Waals surface area contributed by atoms with Gasteiger partial charge in [-0.15, -0.1) is 0 Å². The van der Waals surface area contributed by atoms with E-state index in [1.165, 1.54) is 54.4 Å². The lowest BCUT2D eigenvalue weighted by Crippen LogP contribution is -2.21. The van der Waals surface area contributed by atoms with Crippen molar-refractivity contribution < 1.29 is 0 Å². The summed E-state index contributed by atoms with van der Waals surface area (Å²) in [5.74, 6) is 0. The van der Waals surface area contributed by atoms with Crippen LogP contribution in [0.5, 0.6) is 0 Å². The van der Waals surface area contributed by atoms with Gasteiger partial charge in [0.15, 0.2) is 0 Å². The smallest absolute Gasteiger partial charge is 0.0320 e. The van der Waals surface area contributed by atoms with Gasteiger partial charge in [-0.2, -0.15) is 0 Å². The van der Waals surface area contributed by atoms with E-state index in [9.17, 15) is 0 Å². The predicted octanol–water partition coefficient (Wildman–Crippen LogP) is 4.31. The van der Waals surface area contributed by atoms with Crippen LogP contribution < -0.4 is 11.1 Å². The molecule has 0 fully saturated rings. The van der Waals surface area contributed by atoms with Crippen molar-refractivity contribution in [2.45, 2.75) is 50.6 Å². The molecule has 2 nitrogen and oxygen atoms in total. The molecule has 0 aromatic heterocycles. The van der Waals surface area contributed by atoms with Gasteiger partial charge in [0, 0.05) is 12.1 Å². The second kappa shape index (κ2) is 7.76. The molecule has 0 unspecified atom stereocenters. The molecule has 2 atom stereocenters. The highest BCUT2D eigenvalue weighted by Gasteiger charge is 2.17. The molecule has 0 heterocycles. The van der Waals surface area contributed by atoms with Crippen LogP contribution in [0, 0.1) is 0 Å². The second-order valence-corrected chi connectivity index (χ2v) is 6.63. The van der Waals surface area contributed by atoms with Crippen LogP contribution in [0.3, 0.4) is 0 Å². The largest absolute Gasteiger partial charge is 0.324 e. The van der Waals surface area contributed by atoms with Crippen LogP contribution in [-0.2, 0) is 12.8 Å². The van der Waals surface area contributed by atoms with Crippen LogP contribution in [0.2, 0.25) is 0 Å². The molecule has 2 aromatic carbocycles. The molecule has 0 spiro atoms. The first kappa shape index (κ1) is 16.2. The Morgan fingerprint density at radius 1 is 0.826 bits per heavy atom. The number of fused-ring (bicyclic) bond motifs is 2. The molecule has 2 aliphatic carbocycles. The van der Waals surface area contributed by atoms with E-state index >= 15 is 0 Å². The van der Waals surface area contributed by atoms with Crippen molar-refractivity contribution in [2.75, 3.05) is 7.05 Å². The molecule has 2 aliphatic rings. The topological polar surface area (TPSA) is 38.0 Å². The van der Waals surface area contributed by atoms with E-state index in [-0.39, 0.29) is 0 Å². The Morgan fingerprint density at radius 2 is 1.39 bits per heavy atom. The fraction of sp³-hybridized carbons (Fsp3) is 0.429. The summed E-state index contributed by atoms with van der Waals surface area (Å²) >= 11 is 0. The summed E-state index contributed by atoms with van der Waals surface area (Å²) in [6.07, 6.45) is 7.48. The average Bonchev–Trinajstić information content (AvgIpc) is 2.62. The minimum absolute atomic E-state index is 0.292. The zero-order valence-electron chi connectivity index (χ0n) is 14.1. The van der Waals surface area contributed by atoms with Crippen molar-refractivity contribution in [2.24, 2.45) is 5.73 Å². The second-order valence-electron chi connectivity index (χ2n) is 6.63. The minimum atomic E-state index is 0.292. The molecule has 2 aromatic rings. The average molecular weight is 308 g/mol. The van der Waals surface area contributed by atoms with E-state index in [0.717, 1.165) is 6.42 Å². The van der Waals surface area contributed by atoms with Gasteiger partial charge in [0.2, 0.25) is 0 Å². The van der Waals surface area contributed by atoms with Crippen molar-refractivity contribution in [3.8, 4) is 0 Å². The van der Waals surface area contributed by atoms with Gasteiger partial charge in [0.1, 0.15) is 0 Å². The first-order valence-electron chi connectivity index (χ1n) is 8.88. The molecular formula is C21H28N2. The third-order valence-electron chi connectivity index (χ3n) is 5.13. The molecule has 122 valence electrons. The molecule has 3 N–H and O–H groups in total. The Labute approximate surface area is 140 Å². The first-order chi connectivity index (χ1) is 11.3. The maximum Gasteiger partial charge on any atom is 0.0320 e. The van der Waals surface area contributed by atoms with Crippen LogP contribution in [0.4, 0.5) is 0 Å². The Bertz CT molecular complexity index is 635. The van der Waals surface area contributed by atoms with Crippen molar-refractivity contribution >= 4 is 0 Å². The van der Waals surface area contributed by atoms with Gasteiger partial charge >= 0.3 is 0 Å². The van der Waals surface area contributed by atoms with Crippen molar-refractivity contribution in [3.63, 3.8) is 0 Å². The highest BCUT2D eigenvalue weighted by atomic mass is 14.9. The van der Waals surface area contributed by atoms with Gasteiger partial charge in [-0.25, -0.2) is 0 Å². The van der Waals surface area contributed by atoms with Crippen molar-refractivity contribution in [1.82, 2.24) is 5.32 Å². The van der Waals surface area contributed by atoms with E-state index in [0.29, 0.717) is 12.1 Å². The standard InChI is InChI=1S/C11H15N.C10H13N/c1-12-11-8-4-6-9-5-2-3-7-10(9)11;11-10-7-3-5-8-4-1-2-6-9(8)10/h2-3,5,7,11-12H,4,6,8H2,1H3;1-2,4,6,10H,3,5,7,11H2/t11-;10-/m11/s1. The van der Waals surface area contributed by atoms with Crippen LogP contribution in [0.15, 0.2) is 48.5 Å². The summed E-state index contributed by atoms with van der Waals surface area (Å²) < 4.78 is 0. The number of aryl methyl sites for hydroxylation is 2. The van der Waals surface area contributed by atoms with Gasteiger partial charge < -0.3 is 11.1 Å². The van der Waals surface area contributed by atoms with E-state index in [1.54, 1.807) is 0 Å². The summed E-state index contributed by atoms with van der Waals surface area (Å²) in [4.78, 5) is 0. The van der Waals surface area contributed by atoms with E-state index < -0.39 is 0 Å². The summed E-state index contributed by atoms with van der Waals surface area (Å²) in [7, 11) is 2.05. The number of benzene rings is 2. The Hall–Kier alpha value is -1.64. The Morgan fingerprint density at radius 3 is 2.04 bits per heavy atom. The number of rotatable bonds is 1. The lowest BCUT2D eigenvalue weighted by molar-refractivity contribution is 0.496. The maximum atomic E-state index is 5.95. The van der Waals surface area contributed by atoms with Gasteiger partial charge in [-0.3, -0.25) is 0 Å². The molecule has 0 saturated heterocycles. The Balaban J connectivity index is 0.000000136. The molecule has 0 radical (unpaired) electrons. The van der Waals surface area contributed by atoms with Gasteiger partial charge in [-0.1, -0.05) is 48.5 Å². The maximum absolute atomic E-state index is 5.95. The fourth-order valence-corrected chi connectivity index (χ4v) is 3.85. The lowest BCUT2D eigenvalue weighted by atomic mass is 9.88. The molecule has 0 bridgehead atoms. The molecule has 23 heavy (non-hydrogen) atoms. The van der Waals surface area contributed by atoms with Crippen molar-refractivity contribution in [3.05, 3.63) is 70.8 Å². The predicted molar refractivity (Wildman–Crippen MR) is 97.5 cm³/mol. The third-order valence-corrected chi connectivity index (χ3v) is 5.13. The fourth-order valence-electron chi connectivity index (χ4n) is 3.85. The van der Waals surface area contributed by atoms with Gasteiger partial charge in [-0.05, 0) is 67.8 Å². The summed E-state index contributed by atoms with van der Waals surface area (Å²) in [5.41, 5.74) is 11.8. The number of hydrogen-bond donors (Lipinski definition) is 2. The van der Waals surface area contributed by atoms with Gasteiger partial charge in [0.05, 0.1) is 0 Å². The summed E-state index contributed by atoms with van der Waals surface area (Å²) in [6, 6.07) is 18.2. The van der Waals surface area contributed by atoms with Crippen LogP contribution in [0.25, 0.3) is 0 Å². The van der Waals surface area contributed by atoms with Crippen LogP contribution in [0.1, 0.15) is 60.0 Å². The lowest BCUT2D eigenvalue weighted by Gasteiger charge is -2.24. The monoisotopic (exact) mass is 308 g/mol. The molecule has 0 aliphatic heterocycles. The highest BCUT2D eigenvalue weighted by Crippen LogP contribution is 2.29. The summed E-state index contributed by atoms with van der Waals surface area (Å²) in [5, 5.41) is 3.36. The number of nitrogens with two attached hydrogens (primary N) is 1. The van der Waals surface area contributed by atoms with E-state index in [4.69, 9.17) is 5.73 Å². The zero-order chi connectivity index (χ0) is 16.1. The Kier molecular flexibility index (Phi) is 5.47. The quantitative estimate of drug-likeness (QED) is 0.824. The minimum Gasteiger partial charge on any atom is -0.324 e. The first-order valence-corrected chi connectivity index (χ1v) is 8.88.